The fourth-order valence-corrected chi connectivity index (χ4v) is 4.42. The summed E-state index contributed by atoms with van der Waals surface area (Å²) in [6, 6.07) is 0.699. The minimum Gasteiger partial charge on any atom is -0.340 e. The minimum absolute atomic E-state index is 0.00725. The molecule has 0 spiro atoms. The van der Waals surface area contributed by atoms with Gasteiger partial charge in [0, 0.05) is 43.9 Å². The molecule has 5 heteroatoms. The highest BCUT2D eigenvalue weighted by Gasteiger charge is 2.43. The van der Waals surface area contributed by atoms with Gasteiger partial charge in [-0.3, -0.25) is 4.79 Å². The van der Waals surface area contributed by atoms with Gasteiger partial charge >= 0.3 is 0 Å². The van der Waals surface area contributed by atoms with E-state index in [1.807, 2.05) is 11.9 Å². The predicted molar refractivity (Wildman–Crippen MR) is 77.3 cm³/mol. The van der Waals surface area contributed by atoms with Crippen LogP contribution < -0.4 is 0 Å². The zero-order valence-electron chi connectivity index (χ0n) is 12.9. The SMILES string of the molecule is CN(C1CCCC(=O)N2CCC[C@@H]2C1)C1CCC(F)(F)C1. The molecule has 3 nitrogen and oxygen atoms in total. The van der Waals surface area contributed by atoms with E-state index in [0.717, 1.165) is 38.6 Å². The second-order valence-electron chi connectivity index (χ2n) is 7.08. The molecule has 0 aromatic heterocycles. The van der Waals surface area contributed by atoms with Crippen molar-refractivity contribution in [1.82, 2.24) is 9.80 Å². The van der Waals surface area contributed by atoms with E-state index in [9.17, 15) is 13.6 Å². The van der Waals surface area contributed by atoms with Gasteiger partial charge in [-0.15, -0.1) is 0 Å². The van der Waals surface area contributed by atoms with Gasteiger partial charge in [-0.25, -0.2) is 8.78 Å². The van der Waals surface area contributed by atoms with Crippen molar-refractivity contribution in [1.29, 1.82) is 0 Å². The summed E-state index contributed by atoms with van der Waals surface area (Å²) in [5.74, 6) is -2.18. The van der Waals surface area contributed by atoms with Crippen LogP contribution in [0.4, 0.5) is 8.78 Å². The second kappa shape index (κ2) is 5.82. The fraction of sp³-hybridized carbons (Fsp3) is 0.938. The number of nitrogens with zero attached hydrogens (tertiary/aromatic N) is 2. The van der Waals surface area contributed by atoms with Crippen molar-refractivity contribution < 1.29 is 13.6 Å². The molecule has 2 saturated heterocycles. The first kappa shape index (κ1) is 15.2. The lowest BCUT2D eigenvalue weighted by atomic mass is 9.94. The van der Waals surface area contributed by atoms with Crippen LogP contribution in [0, 0.1) is 0 Å². The molecule has 21 heavy (non-hydrogen) atoms. The molecule has 0 N–H and O–H groups in total. The van der Waals surface area contributed by atoms with Crippen LogP contribution in [-0.2, 0) is 4.79 Å². The van der Waals surface area contributed by atoms with Gasteiger partial charge in [0.2, 0.25) is 11.8 Å². The normalized spacial score (nSPS) is 36.7. The monoisotopic (exact) mass is 300 g/mol. The number of carbonyl (C=O) groups is 1. The van der Waals surface area contributed by atoms with Gasteiger partial charge in [0.05, 0.1) is 0 Å². The zero-order valence-corrected chi connectivity index (χ0v) is 12.9. The lowest BCUT2D eigenvalue weighted by Crippen LogP contribution is -2.46. The number of hydrogen-bond donors (Lipinski definition) is 0. The maximum Gasteiger partial charge on any atom is 0.249 e. The summed E-state index contributed by atoms with van der Waals surface area (Å²) in [5, 5.41) is 0. The first-order valence-electron chi connectivity index (χ1n) is 8.35. The number of rotatable bonds is 2. The molecule has 1 aliphatic carbocycles. The van der Waals surface area contributed by atoms with Crippen LogP contribution >= 0.6 is 0 Å². The number of amides is 1. The highest BCUT2D eigenvalue weighted by Crippen LogP contribution is 2.39. The van der Waals surface area contributed by atoms with E-state index in [1.54, 1.807) is 0 Å². The van der Waals surface area contributed by atoms with Crippen molar-refractivity contribution in [2.24, 2.45) is 0 Å². The predicted octanol–water partition coefficient (Wildman–Crippen LogP) is 3.04. The van der Waals surface area contributed by atoms with E-state index < -0.39 is 5.92 Å². The Balaban J connectivity index is 1.65. The quantitative estimate of drug-likeness (QED) is 0.782. The summed E-state index contributed by atoms with van der Waals surface area (Å²) >= 11 is 0. The molecule has 2 unspecified atom stereocenters. The van der Waals surface area contributed by atoms with E-state index in [0.29, 0.717) is 30.8 Å². The molecule has 3 fully saturated rings. The highest BCUT2D eigenvalue weighted by atomic mass is 19.3. The molecular formula is C16H26F2N2O. The van der Waals surface area contributed by atoms with E-state index in [4.69, 9.17) is 0 Å². The number of halogens is 2. The minimum atomic E-state index is -2.48. The molecule has 3 aliphatic rings. The third-order valence-electron chi connectivity index (χ3n) is 5.70. The standard InChI is InChI=1S/C16H26F2N2O/c1-19(14-7-8-16(17,18)11-14)12-4-2-6-15(21)20-9-3-5-13(20)10-12/h12-14H,2-11H2,1H3/t12?,13-,14?/m1/s1. The van der Waals surface area contributed by atoms with Crippen molar-refractivity contribution in [2.45, 2.75) is 81.8 Å². The maximum atomic E-state index is 13.5. The summed E-state index contributed by atoms with van der Waals surface area (Å²) in [6.45, 7) is 0.890. The van der Waals surface area contributed by atoms with Crippen LogP contribution in [0.15, 0.2) is 0 Å². The molecule has 3 rings (SSSR count). The number of hydrogen-bond acceptors (Lipinski definition) is 2. The highest BCUT2D eigenvalue weighted by molar-refractivity contribution is 5.76. The van der Waals surface area contributed by atoms with E-state index >= 15 is 0 Å². The molecule has 1 amide bonds. The van der Waals surface area contributed by atoms with Crippen molar-refractivity contribution in [3.63, 3.8) is 0 Å². The van der Waals surface area contributed by atoms with Crippen LogP contribution in [0.3, 0.4) is 0 Å². The van der Waals surface area contributed by atoms with Crippen LogP contribution in [0.25, 0.3) is 0 Å². The Hall–Kier alpha value is -0.710. The summed E-state index contributed by atoms with van der Waals surface area (Å²) in [6.07, 6.45) is 6.26. The van der Waals surface area contributed by atoms with Crippen LogP contribution in [0.2, 0.25) is 0 Å². The molecule has 0 aromatic carbocycles. The smallest absolute Gasteiger partial charge is 0.249 e. The van der Waals surface area contributed by atoms with Crippen molar-refractivity contribution in [3.8, 4) is 0 Å². The van der Waals surface area contributed by atoms with Gasteiger partial charge in [0.15, 0.2) is 0 Å². The van der Waals surface area contributed by atoms with Crippen molar-refractivity contribution in [2.75, 3.05) is 13.6 Å². The summed E-state index contributed by atoms with van der Waals surface area (Å²) in [7, 11) is 2.01. The number of fused-ring (bicyclic) bond motifs is 1. The van der Waals surface area contributed by atoms with Gasteiger partial charge in [-0.1, -0.05) is 0 Å². The Labute approximate surface area is 125 Å². The molecule has 2 heterocycles. The van der Waals surface area contributed by atoms with Crippen LogP contribution in [0.1, 0.15) is 57.8 Å². The van der Waals surface area contributed by atoms with Gasteiger partial charge in [0.25, 0.3) is 0 Å². The average molecular weight is 300 g/mol. The van der Waals surface area contributed by atoms with Gasteiger partial charge in [-0.2, -0.15) is 0 Å². The Morgan fingerprint density at radius 2 is 2.00 bits per heavy atom. The summed E-state index contributed by atoms with van der Waals surface area (Å²) in [5.41, 5.74) is 0. The molecule has 120 valence electrons. The van der Waals surface area contributed by atoms with Gasteiger partial charge in [0.1, 0.15) is 0 Å². The maximum absolute atomic E-state index is 13.5. The molecule has 0 aromatic rings. The molecule has 1 saturated carbocycles. The molecular weight excluding hydrogens is 274 g/mol. The molecule has 3 atom stereocenters. The van der Waals surface area contributed by atoms with Crippen molar-refractivity contribution in [3.05, 3.63) is 0 Å². The summed E-state index contributed by atoms with van der Waals surface area (Å²) in [4.78, 5) is 16.3. The van der Waals surface area contributed by atoms with E-state index in [1.165, 1.54) is 0 Å². The third kappa shape index (κ3) is 3.22. The Morgan fingerprint density at radius 1 is 1.19 bits per heavy atom. The Morgan fingerprint density at radius 3 is 2.71 bits per heavy atom. The lowest BCUT2D eigenvalue weighted by molar-refractivity contribution is -0.133. The largest absolute Gasteiger partial charge is 0.340 e. The molecule has 0 radical (unpaired) electrons. The van der Waals surface area contributed by atoms with Crippen LogP contribution in [0.5, 0.6) is 0 Å². The van der Waals surface area contributed by atoms with E-state index in [-0.39, 0.29) is 18.9 Å². The lowest BCUT2D eigenvalue weighted by Gasteiger charge is -2.38. The summed E-state index contributed by atoms with van der Waals surface area (Å²) < 4.78 is 26.9. The van der Waals surface area contributed by atoms with Crippen molar-refractivity contribution >= 4 is 5.91 Å². The molecule has 2 aliphatic heterocycles. The second-order valence-corrected chi connectivity index (χ2v) is 7.08. The average Bonchev–Trinajstić information content (AvgIpc) is 3.00. The number of carbonyl (C=O) groups excluding carboxylic acids is 1. The van der Waals surface area contributed by atoms with E-state index in [2.05, 4.69) is 4.90 Å². The molecule has 0 bridgehead atoms. The fourth-order valence-electron chi connectivity index (χ4n) is 4.42. The van der Waals surface area contributed by atoms with Gasteiger partial charge < -0.3 is 9.80 Å². The Bertz CT molecular complexity index is 402. The van der Waals surface area contributed by atoms with Crippen LogP contribution in [-0.4, -0.2) is 53.3 Å². The first-order valence-corrected chi connectivity index (χ1v) is 8.35. The number of alkyl halides is 2. The van der Waals surface area contributed by atoms with Gasteiger partial charge in [-0.05, 0) is 45.6 Å². The third-order valence-corrected chi connectivity index (χ3v) is 5.70. The first-order chi connectivity index (χ1) is 9.96. The Kier molecular flexibility index (Phi) is 4.21. The topological polar surface area (TPSA) is 23.6 Å². The zero-order chi connectivity index (χ0) is 15.0.